The van der Waals surface area contributed by atoms with Crippen LogP contribution in [0.1, 0.15) is 24.0 Å². The minimum atomic E-state index is -4.64. The van der Waals surface area contributed by atoms with Crippen LogP contribution < -0.4 is 0 Å². The molecule has 2 aromatic rings. The number of carbonyl (C=O) groups is 1. The van der Waals surface area contributed by atoms with Gasteiger partial charge in [0, 0.05) is 18.7 Å². The summed E-state index contributed by atoms with van der Waals surface area (Å²) in [5.74, 6) is -1.09. The average molecular weight is 363 g/mol. The van der Waals surface area contributed by atoms with Gasteiger partial charge in [-0.2, -0.15) is 13.2 Å². The minimum Gasteiger partial charge on any atom is -0.332 e. The zero-order chi connectivity index (χ0) is 18.7. The number of amides is 1. The van der Waals surface area contributed by atoms with E-state index in [0.29, 0.717) is 11.6 Å². The number of alkyl halides is 3. The molecule has 0 aliphatic heterocycles. The molecule has 0 bridgehead atoms. The number of rotatable bonds is 5. The van der Waals surface area contributed by atoms with Crippen molar-refractivity contribution in [2.45, 2.75) is 31.6 Å². The first-order chi connectivity index (χ1) is 12.3. The van der Waals surface area contributed by atoms with E-state index in [1.54, 1.807) is 6.07 Å². The quantitative estimate of drug-likeness (QED) is 0.543. The standard InChI is InChI=1S/C20H17F4NO/c21-16-8-6-14(7-9-16)13-25(17-10-11-17)19(26)12-18(20(22,23)24)15-4-2-1-3-5-15/h1-9,12,17H,10-11,13H2/b18-12-. The first kappa shape index (κ1) is 18.2. The number of hydrogen-bond donors (Lipinski definition) is 0. The zero-order valence-electron chi connectivity index (χ0n) is 13.8. The summed E-state index contributed by atoms with van der Waals surface area (Å²) in [6, 6.07) is 12.8. The molecule has 136 valence electrons. The van der Waals surface area contributed by atoms with E-state index in [0.717, 1.165) is 12.8 Å². The maximum Gasteiger partial charge on any atom is 0.417 e. The highest BCUT2D eigenvalue weighted by Gasteiger charge is 2.37. The lowest BCUT2D eigenvalue weighted by Gasteiger charge is -2.22. The van der Waals surface area contributed by atoms with Crippen LogP contribution in [-0.2, 0) is 11.3 Å². The van der Waals surface area contributed by atoms with E-state index in [2.05, 4.69) is 0 Å². The molecule has 1 aliphatic carbocycles. The maximum atomic E-state index is 13.4. The van der Waals surface area contributed by atoms with Crippen LogP contribution >= 0.6 is 0 Å². The van der Waals surface area contributed by atoms with E-state index in [-0.39, 0.29) is 18.2 Å². The Labute approximate surface area is 148 Å². The second-order valence-corrected chi connectivity index (χ2v) is 6.25. The number of benzene rings is 2. The van der Waals surface area contributed by atoms with Crippen molar-refractivity contribution in [1.82, 2.24) is 4.90 Å². The second kappa shape index (κ2) is 7.32. The van der Waals surface area contributed by atoms with Gasteiger partial charge in [0.2, 0.25) is 5.91 Å². The van der Waals surface area contributed by atoms with Crippen molar-refractivity contribution < 1.29 is 22.4 Å². The summed E-state index contributed by atoms with van der Waals surface area (Å²) in [6.07, 6.45) is -2.46. The molecule has 0 unspecified atom stereocenters. The van der Waals surface area contributed by atoms with Crippen LogP contribution in [-0.4, -0.2) is 23.0 Å². The smallest absolute Gasteiger partial charge is 0.332 e. The van der Waals surface area contributed by atoms with Gasteiger partial charge in [0.1, 0.15) is 5.82 Å². The number of hydrogen-bond acceptors (Lipinski definition) is 1. The maximum absolute atomic E-state index is 13.4. The largest absolute Gasteiger partial charge is 0.417 e. The van der Waals surface area contributed by atoms with Crippen LogP contribution in [0.2, 0.25) is 0 Å². The Hall–Kier alpha value is -2.63. The summed E-state index contributed by atoms with van der Waals surface area (Å²) < 4.78 is 53.3. The van der Waals surface area contributed by atoms with Gasteiger partial charge in [-0.3, -0.25) is 4.79 Å². The van der Waals surface area contributed by atoms with Gasteiger partial charge < -0.3 is 4.90 Å². The molecule has 0 N–H and O–H groups in total. The topological polar surface area (TPSA) is 20.3 Å². The van der Waals surface area contributed by atoms with Gasteiger partial charge in [0.25, 0.3) is 0 Å². The van der Waals surface area contributed by atoms with Crippen LogP contribution in [0.3, 0.4) is 0 Å². The third-order valence-corrected chi connectivity index (χ3v) is 4.19. The predicted octanol–water partition coefficient (Wildman–Crippen LogP) is 4.96. The van der Waals surface area contributed by atoms with Crippen molar-refractivity contribution in [2.24, 2.45) is 0 Å². The Morgan fingerprint density at radius 2 is 1.65 bits per heavy atom. The predicted molar refractivity (Wildman–Crippen MR) is 90.4 cm³/mol. The summed E-state index contributed by atoms with van der Waals surface area (Å²) in [7, 11) is 0. The van der Waals surface area contributed by atoms with Gasteiger partial charge >= 0.3 is 6.18 Å². The van der Waals surface area contributed by atoms with Gasteiger partial charge in [-0.05, 0) is 36.1 Å². The number of allylic oxidation sites excluding steroid dienone is 1. The Bertz CT molecular complexity index is 793. The van der Waals surface area contributed by atoms with E-state index in [1.807, 2.05) is 0 Å². The Morgan fingerprint density at radius 3 is 2.19 bits per heavy atom. The molecule has 6 heteroatoms. The molecule has 2 nitrogen and oxygen atoms in total. The third kappa shape index (κ3) is 4.50. The fourth-order valence-electron chi connectivity index (χ4n) is 2.71. The monoisotopic (exact) mass is 363 g/mol. The number of carbonyl (C=O) groups excluding carboxylic acids is 1. The highest BCUT2D eigenvalue weighted by molar-refractivity contribution is 5.96. The van der Waals surface area contributed by atoms with Gasteiger partial charge in [-0.25, -0.2) is 4.39 Å². The first-order valence-electron chi connectivity index (χ1n) is 8.24. The molecule has 0 radical (unpaired) electrons. The minimum absolute atomic E-state index is 0.0501. The number of halogens is 4. The Morgan fingerprint density at radius 1 is 1.04 bits per heavy atom. The van der Waals surface area contributed by atoms with E-state index in [1.165, 1.54) is 53.4 Å². The zero-order valence-corrected chi connectivity index (χ0v) is 13.8. The highest BCUT2D eigenvalue weighted by atomic mass is 19.4. The van der Waals surface area contributed by atoms with E-state index in [4.69, 9.17) is 0 Å². The van der Waals surface area contributed by atoms with Crippen molar-refractivity contribution in [3.05, 3.63) is 77.6 Å². The Kier molecular flexibility index (Phi) is 5.11. The molecule has 0 saturated heterocycles. The number of nitrogens with zero attached hydrogens (tertiary/aromatic N) is 1. The van der Waals surface area contributed by atoms with Crippen LogP contribution in [0, 0.1) is 5.82 Å². The first-order valence-corrected chi connectivity index (χ1v) is 8.24. The van der Waals surface area contributed by atoms with E-state index < -0.39 is 23.5 Å². The van der Waals surface area contributed by atoms with Crippen molar-refractivity contribution in [3.8, 4) is 0 Å². The molecule has 1 aliphatic rings. The van der Waals surface area contributed by atoms with Crippen LogP contribution in [0.25, 0.3) is 5.57 Å². The van der Waals surface area contributed by atoms with Gasteiger partial charge in [0.05, 0.1) is 5.57 Å². The molecule has 1 saturated carbocycles. The molecule has 0 spiro atoms. The summed E-state index contributed by atoms with van der Waals surface area (Å²) in [5.41, 5.74) is -0.341. The molecular weight excluding hydrogens is 346 g/mol. The SMILES string of the molecule is O=C(/C=C(/c1ccccc1)C(F)(F)F)N(Cc1ccc(F)cc1)C1CC1. The second-order valence-electron chi connectivity index (χ2n) is 6.25. The van der Waals surface area contributed by atoms with Gasteiger partial charge in [-0.15, -0.1) is 0 Å². The molecule has 1 fully saturated rings. The molecule has 1 amide bonds. The van der Waals surface area contributed by atoms with Crippen molar-refractivity contribution in [3.63, 3.8) is 0 Å². The normalized spacial score (nSPS) is 15.0. The molecule has 0 aromatic heterocycles. The van der Waals surface area contributed by atoms with Crippen LogP contribution in [0.15, 0.2) is 60.7 Å². The summed E-state index contributed by atoms with van der Waals surface area (Å²) >= 11 is 0. The molecule has 0 heterocycles. The van der Waals surface area contributed by atoms with E-state index >= 15 is 0 Å². The molecule has 2 aromatic carbocycles. The Balaban J connectivity index is 1.87. The average Bonchev–Trinajstić information content (AvgIpc) is 3.43. The van der Waals surface area contributed by atoms with Gasteiger partial charge in [-0.1, -0.05) is 42.5 Å². The third-order valence-electron chi connectivity index (χ3n) is 4.19. The van der Waals surface area contributed by atoms with Crippen LogP contribution in [0.4, 0.5) is 17.6 Å². The van der Waals surface area contributed by atoms with E-state index in [9.17, 15) is 22.4 Å². The fourth-order valence-corrected chi connectivity index (χ4v) is 2.71. The lowest BCUT2D eigenvalue weighted by Crippen LogP contribution is -2.32. The summed E-state index contributed by atoms with van der Waals surface area (Å²) in [5, 5.41) is 0. The van der Waals surface area contributed by atoms with Crippen molar-refractivity contribution in [1.29, 1.82) is 0 Å². The molecule has 0 atom stereocenters. The molecule has 26 heavy (non-hydrogen) atoms. The van der Waals surface area contributed by atoms with Gasteiger partial charge in [0.15, 0.2) is 0 Å². The van der Waals surface area contributed by atoms with Crippen molar-refractivity contribution in [2.75, 3.05) is 0 Å². The summed E-state index contributed by atoms with van der Waals surface area (Å²) in [4.78, 5) is 14.0. The van der Waals surface area contributed by atoms with Crippen LogP contribution in [0.5, 0.6) is 0 Å². The van der Waals surface area contributed by atoms with Crippen molar-refractivity contribution >= 4 is 11.5 Å². The fraction of sp³-hybridized carbons (Fsp3) is 0.250. The lowest BCUT2D eigenvalue weighted by molar-refractivity contribution is -0.127. The lowest BCUT2D eigenvalue weighted by atomic mass is 10.0. The molecule has 3 rings (SSSR count). The highest BCUT2D eigenvalue weighted by Crippen LogP contribution is 2.35. The summed E-state index contributed by atoms with van der Waals surface area (Å²) in [6.45, 7) is 0.153. The molecular formula is C20H17F4NO.